The standard InChI is InChI=1S/C15H25ClN2O2/c1-15(2,3)13(6-8-16)18-10-11-14(20-5)12(19-4)7-9-17-11/h7,9,13,18H,6,8,10H2,1-5H3. The third-order valence-corrected chi connectivity index (χ3v) is 3.54. The molecular formula is C15H25ClN2O2. The van der Waals surface area contributed by atoms with Crippen LogP contribution in [0.3, 0.4) is 0 Å². The molecule has 0 aliphatic rings. The van der Waals surface area contributed by atoms with E-state index in [1.807, 2.05) is 0 Å². The number of alkyl halides is 1. The van der Waals surface area contributed by atoms with E-state index in [2.05, 4.69) is 31.1 Å². The van der Waals surface area contributed by atoms with Crippen molar-refractivity contribution in [1.82, 2.24) is 10.3 Å². The molecule has 1 N–H and O–H groups in total. The Labute approximate surface area is 126 Å². The monoisotopic (exact) mass is 300 g/mol. The normalized spacial score (nSPS) is 13.1. The second-order valence-electron chi connectivity index (χ2n) is 5.77. The SMILES string of the molecule is COc1ccnc(CNC(CCCl)C(C)(C)C)c1OC. The molecule has 1 rings (SSSR count). The van der Waals surface area contributed by atoms with Gasteiger partial charge in [-0.3, -0.25) is 4.98 Å². The van der Waals surface area contributed by atoms with Gasteiger partial charge in [-0.15, -0.1) is 11.6 Å². The number of nitrogens with zero attached hydrogens (tertiary/aromatic N) is 1. The van der Waals surface area contributed by atoms with Crippen LogP contribution in [0.5, 0.6) is 11.5 Å². The van der Waals surface area contributed by atoms with E-state index in [1.165, 1.54) is 0 Å². The molecule has 0 aliphatic carbocycles. The molecule has 0 saturated carbocycles. The van der Waals surface area contributed by atoms with Gasteiger partial charge in [0.1, 0.15) is 0 Å². The Bertz CT molecular complexity index is 419. The number of halogens is 1. The third-order valence-electron chi connectivity index (χ3n) is 3.33. The predicted octanol–water partition coefficient (Wildman–Crippen LogP) is 3.23. The van der Waals surface area contributed by atoms with E-state index < -0.39 is 0 Å². The van der Waals surface area contributed by atoms with E-state index in [9.17, 15) is 0 Å². The number of hydrogen-bond donors (Lipinski definition) is 1. The Morgan fingerprint density at radius 3 is 2.50 bits per heavy atom. The fourth-order valence-electron chi connectivity index (χ4n) is 2.15. The van der Waals surface area contributed by atoms with Crippen molar-refractivity contribution < 1.29 is 9.47 Å². The van der Waals surface area contributed by atoms with Crippen molar-refractivity contribution in [3.05, 3.63) is 18.0 Å². The number of rotatable bonds is 7. The van der Waals surface area contributed by atoms with Gasteiger partial charge in [0.25, 0.3) is 0 Å². The van der Waals surface area contributed by atoms with Crippen LogP contribution in [-0.2, 0) is 6.54 Å². The second-order valence-corrected chi connectivity index (χ2v) is 6.15. The average molecular weight is 301 g/mol. The summed E-state index contributed by atoms with van der Waals surface area (Å²) in [6.07, 6.45) is 2.64. The minimum Gasteiger partial charge on any atom is -0.493 e. The summed E-state index contributed by atoms with van der Waals surface area (Å²) in [6.45, 7) is 7.23. The maximum atomic E-state index is 5.89. The van der Waals surface area contributed by atoms with Crippen molar-refractivity contribution in [3.8, 4) is 11.5 Å². The summed E-state index contributed by atoms with van der Waals surface area (Å²) in [5.41, 5.74) is 0.983. The minimum atomic E-state index is 0.140. The topological polar surface area (TPSA) is 43.4 Å². The Hall–Kier alpha value is -1.00. The molecule has 1 unspecified atom stereocenters. The van der Waals surface area contributed by atoms with E-state index in [4.69, 9.17) is 21.1 Å². The van der Waals surface area contributed by atoms with Gasteiger partial charge in [0.2, 0.25) is 0 Å². The fourth-order valence-corrected chi connectivity index (χ4v) is 2.36. The van der Waals surface area contributed by atoms with Gasteiger partial charge in [0.05, 0.1) is 19.9 Å². The van der Waals surface area contributed by atoms with Gasteiger partial charge in [-0.2, -0.15) is 0 Å². The Morgan fingerprint density at radius 1 is 1.30 bits per heavy atom. The number of ether oxygens (including phenoxy) is 2. The highest BCUT2D eigenvalue weighted by Gasteiger charge is 2.24. The van der Waals surface area contributed by atoms with Gasteiger partial charge in [-0.05, 0) is 11.8 Å². The van der Waals surface area contributed by atoms with Gasteiger partial charge >= 0.3 is 0 Å². The van der Waals surface area contributed by atoms with E-state index in [0.29, 0.717) is 30.0 Å². The lowest BCUT2D eigenvalue weighted by molar-refractivity contribution is 0.258. The number of pyridine rings is 1. The summed E-state index contributed by atoms with van der Waals surface area (Å²) < 4.78 is 10.7. The van der Waals surface area contributed by atoms with Crippen LogP contribution in [0.15, 0.2) is 12.3 Å². The summed E-state index contributed by atoms with van der Waals surface area (Å²) in [5, 5.41) is 3.52. The number of hydrogen-bond acceptors (Lipinski definition) is 4. The highest BCUT2D eigenvalue weighted by atomic mass is 35.5. The zero-order valence-electron chi connectivity index (χ0n) is 13.0. The van der Waals surface area contributed by atoms with Crippen LogP contribution in [-0.4, -0.2) is 31.1 Å². The van der Waals surface area contributed by atoms with E-state index in [0.717, 1.165) is 12.1 Å². The first-order chi connectivity index (χ1) is 9.43. The Morgan fingerprint density at radius 2 is 2.00 bits per heavy atom. The van der Waals surface area contributed by atoms with Crippen LogP contribution in [0.4, 0.5) is 0 Å². The maximum Gasteiger partial charge on any atom is 0.183 e. The van der Waals surface area contributed by atoms with Gasteiger partial charge in [-0.25, -0.2) is 0 Å². The molecule has 0 radical (unpaired) electrons. The quantitative estimate of drug-likeness (QED) is 0.785. The van der Waals surface area contributed by atoms with Crippen molar-refractivity contribution in [2.24, 2.45) is 5.41 Å². The molecule has 0 fully saturated rings. The van der Waals surface area contributed by atoms with Crippen molar-refractivity contribution >= 4 is 11.6 Å². The lowest BCUT2D eigenvalue weighted by atomic mass is 9.85. The molecule has 0 spiro atoms. The zero-order chi connectivity index (χ0) is 15.2. The first-order valence-electron chi connectivity index (χ1n) is 6.79. The number of aromatic nitrogens is 1. The Balaban J connectivity index is 2.82. The van der Waals surface area contributed by atoms with Crippen LogP contribution >= 0.6 is 11.6 Å². The highest BCUT2D eigenvalue weighted by Crippen LogP contribution is 2.29. The molecule has 4 nitrogen and oxygen atoms in total. The maximum absolute atomic E-state index is 5.89. The van der Waals surface area contributed by atoms with Crippen LogP contribution in [0, 0.1) is 5.41 Å². The average Bonchev–Trinajstić information content (AvgIpc) is 2.41. The molecule has 0 aliphatic heterocycles. The van der Waals surface area contributed by atoms with Crippen molar-refractivity contribution in [2.45, 2.75) is 39.8 Å². The minimum absolute atomic E-state index is 0.140. The summed E-state index contributed by atoms with van der Waals surface area (Å²) in [6, 6.07) is 2.11. The smallest absolute Gasteiger partial charge is 0.183 e. The van der Waals surface area contributed by atoms with Gasteiger partial charge in [0.15, 0.2) is 11.5 Å². The van der Waals surface area contributed by atoms with Crippen molar-refractivity contribution in [3.63, 3.8) is 0 Å². The lowest BCUT2D eigenvalue weighted by Gasteiger charge is -2.31. The van der Waals surface area contributed by atoms with Crippen LogP contribution in [0.2, 0.25) is 0 Å². The first kappa shape index (κ1) is 17.1. The van der Waals surface area contributed by atoms with E-state index in [-0.39, 0.29) is 5.41 Å². The fraction of sp³-hybridized carbons (Fsp3) is 0.667. The number of nitrogens with one attached hydrogen (secondary N) is 1. The molecule has 20 heavy (non-hydrogen) atoms. The van der Waals surface area contributed by atoms with Gasteiger partial charge in [-0.1, -0.05) is 20.8 Å². The summed E-state index contributed by atoms with van der Waals surface area (Å²) in [7, 11) is 3.25. The molecule has 0 bridgehead atoms. The van der Waals surface area contributed by atoms with Gasteiger partial charge < -0.3 is 14.8 Å². The molecule has 1 atom stereocenters. The summed E-state index contributed by atoms with van der Waals surface area (Å²) >= 11 is 5.89. The predicted molar refractivity (Wildman–Crippen MR) is 82.8 cm³/mol. The molecule has 0 aromatic carbocycles. The largest absolute Gasteiger partial charge is 0.493 e. The molecule has 1 aromatic rings. The van der Waals surface area contributed by atoms with Crippen LogP contribution in [0.1, 0.15) is 32.9 Å². The summed E-state index contributed by atoms with van der Waals surface area (Å²) in [4.78, 5) is 4.37. The lowest BCUT2D eigenvalue weighted by Crippen LogP contribution is -2.40. The van der Waals surface area contributed by atoms with Gasteiger partial charge in [0, 0.05) is 30.7 Å². The first-order valence-corrected chi connectivity index (χ1v) is 7.32. The molecule has 1 aromatic heterocycles. The molecular weight excluding hydrogens is 276 g/mol. The van der Waals surface area contributed by atoms with E-state index >= 15 is 0 Å². The van der Waals surface area contributed by atoms with Crippen LogP contribution < -0.4 is 14.8 Å². The molecule has 1 heterocycles. The zero-order valence-corrected chi connectivity index (χ0v) is 13.8. The number of methoxy groups -OCH3 is 2. The molecule has 0 saturated heterocycles. The summed E-state index contributed by atoms with van der Waals surface area (Å²) in [5.74, 6) is 2.02. The molecule has 5 heteroatoms. The van der Waals surface area contributed by atoms with Crippen molar-refractivity contribution in [1.29, 1.82) is 0 Å². The Kier molecular flexibility index (Phi) is 6.56. The van der Waals surface area contributed by atoms with Crippen molar-refractivity contribution in [2.75, 3.05) is 20.1 Å². The second kappa shape index (κ2) is 7.70. The highest BCUT2D eigenvalue weighted by molar-refractivity contribution is 6.17. The molecule has 0 amide bonds. The third kappa shape index (κ3) is 4.53. The van der Waals surface area contributed by atoms with Crippen LogP contribution in [0.25, 0.3) is 0 Å². The van der Waals surface area contributed by atoms with E-state index in [1.54, 1.807) is 26.5 Å². The molecule has 114 valence electrons.